The van der Waals surface area contributed by atoms with Gasteiger partial charge in [0.05, 0.1) is 0 Å². The summed E-state index contributed by atoms with van der Waals surface area (Å²) < 4.78 is 0. The van der Waals surface area contributed by atoms with E-state index in [2.05, 4.69) is 69.3 Å². The Morgan fingerprint density at radius 3 is 2.19 bits per heavy atom. The lowest BCUT2D eigenvalue weighted by Crippen LogP contribution is -2.21. The van der Waals surface area contributed by atoms with Gasteiger partial charge in [0.1, 0.15) is 0 Å². The van der Waals surface area contributed by atoms with E-state index in [-0.39, 0.29) is 0 Å². The minimum absolute atomic E-state index is 0.461. The van der Waals surface area contributed by atoms with Gasteiger partial charge in [0.15, 0.2) is 0 Å². The number of nitrogens with one attached hydrogen (secondary N) is 1. The van der Waals surface area contributed by atoms with Gasteiger partial charge in [0.2, 0.25) is 0 Å². The molecule has 0 saturated heterocycles. The zero-order valence-corrected chi connectivity index (χ0v) is 14.4. The number of rotatable bonds is 3. The Morgan fingerprint density at radius 1 is 0.952 bits per heavy atom. The van der Waals surface area contributed by atoms with Gasteiger partial charge in [0.25, 0.3) is 0 Å². The van der Waals surface area contributed by atoms with Crippen molar-refractivity contribution in [2.75, 3.05) is 24.3 Å². The molecule has 0 bridgehead atoms. The first-order valence-corrected chi connectivity index (χ1v) is 8.40. The molecule has 1 aromatic rings. The molecule has 0 spiro atoms. The highest BCUT2D eigenvalue weighted by Crippen LogP contribution is 2.37. The molecule has 2 unspecified atom stereocenters. The molecule has 1 aromatic carbocycles. The van der Waals surface area contributed by atoms with Crippen LogP contribution in [0.1, 0.15) is 52.9 Å². The van der Waals surface area contributed by atoms with Crippen LogP contribution in [0.4, 0.5) is 11.4 Å². The summed E-state index contributed by atoms with van der Waals surface area (Å²) in [7, 11) is 4.17. The molecule has 118 valence electrons. The van der Waals surface area contributed by atoms with Gasteiger partial charge in [-0.2, -0.15) is 0 Å². The Kier molecular flexibility index (Phi) is 5.18. The van der Waals surface area contributed by atoms with E-state index >= 15 is 0 Å². The van der Waals surface area contributed by atoms with Crippen LogP contribution >= 0.6 is 0 Å². The van der Waals surface area contributed by atoms with Crippen molar-refractivity contribution in [3.05, 3.63) is 24.3 Å². The van der Waals surface area contributed by atoms with Crippen LogP contribution in [-0.4, -0.2) is 20.1 Å². The summed E-state index contributed by atoms with van der Waals surface area (Å²) in [5.41, 5.74) is 2.98. The third-order valence-corrected chi connectivity index (χ3v) is 4.95. The number of benzene rings is 1. The smallest absolute Gasteiger partial charge is 0.0362 e. The van der Waals surface area contributed by atoms with E-state index in [0.717, 1.165) is 5.92 Å². The molecule has 0 aromatic heterocycles. The fourth-order valence-electron chi connectivity index (χ4n) is 3.40. The number of hydrogen-bond acceptors (Lipinski definition) is 2. The second-order valence-electron chi connectivity index (χ2n) is 7.85. The van der Waals surface area contributed by atoms with Gasteiger partial charge in [-0.25, -0.2) is 0 Å². The first-order valence-electron chi connectivity index (χ1n) is 8.40. The molecule has 2 heteroatoms. The zero-order chi connectivity index (χ0) is 15.5. The number of nitrogens with zero attached hydrogens (tertiary/aromatic N) is 1. The van der Waals surface area contributed by atoms with Crippen molar-refractivity contribution in [3.63, 3.8) is 0 Å². The average molecular weight is 288 g/mol. The molecule has 0 amide bonds. The first kappa shape index (κ1) is 16.2. The molecule has 1 fully saturated rings. The highest BCUT2D eigenvalue weighted by atomic mass is 15.1. The number of anilines is 2. The van der Waals surface area contributed by atoms with Crippen molar-refractivity contribution in [2.45, 2.75) is 58.9 Å². The SMILES string of the molecule is CN(C)c1ccc(NC2CCCC(C(C)(C)C)CC2)cc1. The summed E-state index contributed by atoms with van der Waals surface area (Å²) in [5.74, 6) is 0.875. The predicted molar refractivity (Wildman–Crippen MR) is 94.2 cm³/mol. The molecule has 2 atom stereocenters. The summed E-state index contributed by atoms with van der Waals surface area (Å²) in [4.78, 5) is 2.14. The lowest BCUT2D eigenvalue weighted by molar-refractivity contribution is 0.214. The maximum absolute atomic E-state index is 3.74. The summed E-state index contributed by atoms with van der Waals surface area (Å²) in [6, 6.07) is 9.44. The summed E-state index contributed by atoms with van der Waals surface area (Å²) in [6.07, 6.45) is 6.72. The van der Waals surface area contributed by atoms with Crippen LogP contribution < -0.4 is 10.2 Å². The highest BCUT2D eigenvalue weighted by molar-refractivity contribution is 5.54. The standard InChI is InChI=1S/C19H32N2/c1-19(2,3)15-7-6-8-16(10-9-15)20-17-11-13-18(14-12-17)21(4)5/h11-16,20H,6-10H2,1-5H3. The molecule has 0 aliphatic heterocycles. The van der Waals surface area contributed by atoms with Crippen LogP contribution in [-0.2, 0) is 0 Å². The molecular formula is C19H32N2. The number of hydrogen-bond donors (Lipinski definition) is 1. The lowest BCUT2D eigenvalue weighted by atomic mass is 9.76. The quantitative estimate of drug-likeness (QED) is 0.773. The van der Waals surface area contributed by atoms with Crippen LogP contribution in [0.25, 0.3) is 0 Å². The van der Waals surface area contributed by atoms with E-state index < -0.39 is 0 Å². The molecular weight excluding hydrogens is 256 g/mol. The van der Waals surface area contributed by atoms with Gasteiger partial charge >= 0.3 is 0 Å². The fraction of sp³-hybridized carbons (Fsp3) is 0.684. The van der Waals surface area contributed by atoms with Crippen molar-refractivity contribution in [1.29, 1.82) is 0 Å². The maximum Gasteiger partial charge on any atom is 0.0362 e. The van der Waals surface area contributed by atoms with Crippen molar-refractivity contribution in [3.8, 4) is 0 Å². The second kappa shape index (κ2) is 6.72. The molecule has 0 heterocycles. The molecule has 2 rings (SSSR count). The van der Waals surface area contributed by atoms with E-state index in [0.29, 0.717) is 11.5 Å². The monoisotopic (exact) mass is 288 g/mol. The molecule has 1 saturated carbocycles. The van der Waals surface area contributed by atoms with Gasteiger partial charge in [-0.1, -0.05) is 27.2 Å². The van der Waals surface area contributed by atoms with E-state index in [1.54, 1.807) is 0 Å². The Balaban J connectivity index is 1.91. The topological polar surface area (TPSA) is 15.3 Å². The van der Waals surface area contributed by atoms with Crippen LogP contribution in [0.2, 0.25) is 0 Å². The largest absolute Gasteiger partial charge is 0.382 e. The van der Waals surface area contributed by atoms with E-state index in [1.807, 2.05) is 0 Å². The fourth-order valence-corrected chi connectivity index (χ4v) is 3.40. The third-order valence-electron chi connectivity index (χ3n) is 4.95. The normalized spacial score (nSPS) is 23.5. The van der Waals surface area contributed by atoms with Crippen LogP contribution in [0.3, 0.4) is 0 Å². The average Bonchev–Trinajstić information content (AvgIpc) is 2.64. The Bertz CT molecular complexity index is 428. The Labute approximate surface area is 130 Å². The van der Waals surface area contributed by atoms with Gasteiger partial charge in [0, 0.05) is 31.5 Å². The Morgan fingerprint density at radius 2 is 1.62 bits per heavy atom. The summed E-state index contributed by atoms with van der Waals surface area (Å²) in [6.45, 7) is 7.18. The van der Waals surface area contributed by atoms with Crippen molar-refractivity contribution in [2.24, 2.45) is 11.3 Å². The van der Waals surface area contributed by atoms with Gasteiger partial charge in [-0.15, -0.1) is 0 Å². The van der Waals surface area contributed by atoms with E-state index in [1.165, 1.54) is 43.5 Å². The van der Waals surface area contributed by atoms with Crippen molar-refractivity contribution >= 4 is 11.4 Å². The lowest BCUT2D eigenvalue weighted by Gasteiger charge is -2.29. The van der Waals surface area contributed by atoms with Gasteiger partial charge < -0.3 is 10.2 Å². The summed E-state index contributed by atoms with van der Waals surface area (Å²) >= 11 is 0. The minimum Gasteiger partial charge on any atom is -0.382 e. The molecule has 2 nitrogen and oxygen atoms in total. The second-order valence-corrected chi connectivity index (χ2v) is 7.85. The molecule has 1 N–H and O–H groups in total. The Hall–Kier alpha value is -1.18. The third kappa shape index (κ3) is 4.66. The van der Waals surface area contributed by atoms with Crippen LogP contribution in [0.5, 0.6) is 0 Å². The zero-order valence-electron chi connectivity index (χ0n) is 14.4. The first-order chi connectivity index (χ1) is 9.86. The van der Waals surface area contributed by atoms with Gasteiger partial charge in [-0.3, -0.25) is 0 Å². The van der Waals surface area contributed by atoms with E-state index in [9.17, 15) is 0 Å². The molecule has 21 heavy (non-hydrogen) atoms. The van der Waals surface area contributed by atoms with Crippen molar-refractivity contribution < 1.29 is 0 Å². The van der Waals surface area contributed by atoms with Gasteiger partial charge in [-0.05, 0) is 61.3 Å². The maximum atomic E-state index is 3.74. The predicted octanol–water partition coefficient (Wildman–Crippen LogP) is 5.16. The van der Waals surface area contributed by atoms with Crippen LogP contribution in [0, 0.1) is 11.3 Å². The molecule has 1 aliphatic carbocycles. The van der Waals surface area contributed by atoms with E-state index in [4.69, 9.17) is 0 Å². The van der Waals surface area contributed by atoms with Crippen LogP contribution in [0.15, 0.2) is 24.3 Å². The molecule has 0 radical (unpaired) electrons. The molecule has 1 aliphatic rings. The van der Waals surface area contributed by atoms with Crippen molar-refractivity contribution in [1.82, 2.24) is 0 Å². The highest BCUT2D eigenvalue weighted by Gasteiger charge is 2.27. The summed E-state index contributed by atoms with van der Waals surface area (Å²) in [5, 5.41) is 3.74. The minimum atomic E-state index is 0.461.